The molecule has 0 radical (unpaired) electrons. The first kappa shape index (κ1) is 17.2. The Kier molecular flexibility index (Phi) is 5.09. The van der Waals surface area contributed by atoms with E-state index >= 15 is 0 Å². The van der Waals surface area contributed by atoms with Gasteiger partial charge in [-0.1, -0.05) is 12.1 Å². The van der Waals surface area contributed by atoms with E-state index in [9.17, 15) is 0 Å². The maximum atomic E-state index is 5.73. The second-order valence-electron chi connectivity index (χ2n) is 6.29. The van der Waals surface area contributed by atoms with Crippen molar-refractivity contribution in [3.05, 3.63) is 48.3 Å². The summed E-state index contributed by atoms with van der Waals surface area (Å²) >= 11 is 0. The molecule has 0 bridgehead atoms. The minimum absolute atomic E-state index is 0.668. The summed E-state index contributed by atoms with van der Waals surface area (Å²) in [7, 11) is 1.75. The fourth-order valence-electron chi connectivity index (χ4n) is 2.98. The maximum absolute atomic E-state index is 5.73. The van der Waals surface area contributed by atoms with Gasteiger partial charge in [0.2, 0.25) is 0 Å². The molecule has 1 aliphatic heterocycles. The summed E-state index contributed by atoms with van der Waals surface area (Å²) in [6, 6.07) is 13.9. The van der Waals surface area contributed by atoms with Crippen molar-refractivity contribution in [2.75, 3.05) is 32.1 Å². The number of guanidine groups is 1. The topological polar surface area (TPSA) is 83.6 Å². The van der Waals surface area contributed by atoms with Gasteiger partial charge in [-0.25, -0.2) is 4.98 Å². The summed E-state index contributed by atoms with van der Waals surface area (Å²) in [6.45, 7) is 2.07. The smallest absolute Gasteiger partial charge is 0.195 e. The number of hydrogen-bond donors (Lipinski definition) is 3. The molecular weight excluding hydrogens is 342 g/mol. The molecule has 0 unspecified atom stereocenters. The van der Waals surface area contributed by atoms with Crippen molar-refractivity contribution in [3.8, 4) is 11.5 Å². The van der Waals surface area contributed by atoms with E-state index in [1.165, 1.54) is 0 Å². The number of hydrogen-bond acceptors (Lipinski definition) is 4. The summed E-state index contributed by atoms with van der Waals surface area (Å²) in [5.74, 6) is 3.19. The van der Waals surface area contributed by atoms with Crippen LogP contribution in [0.5, 0.6) is 11.5 Å². The largest absolute Gasteiger partial charge is 0.490 e. The van der Waals surface area contributed by atoms with Crippen LogP contribution in [0.4, 0.5) is 5.69 Å². The van der Waals surface area contributed by atoms with Crippen LogP contribution in [0, 0.1) is 0 Å². The minimum atomic E-state index is 0.668. The van der Waals surface area contributed by atoms with Gasteiger partial charge in [-0.3, -0.25) is 4.99 Å². The number of benzene rings is 2. The molecule has 2 aromatic carbocycles. The van der Waals surface area contributed by atoms with Crippen LogP contribution in [-0.4, -0.2) is 42.7 Å². The summed E-state index contributed by atoms with van der Waals surface area (Å²) in [5, 5.41) is 6.59. The van der Waals surface area contributed by atoms with Crippen LogP contribution < -0.4 is 20.1 Å². The Balaban J connectivity index is 1.35. The highest BCUT2D eigenvalue weighted by Gasteiger charge is 2.11. The molecule has 0 saturated heterocycles. The Labute approximate surface area is 157 Å². The van der Waals surface area contributed by atoms with Gasteiger partial charge < -0.3 is 25.1 Å². The standard InChI is InChI=1S/C20H23N5O2/c1-21-20(22-10-9-19-24-15-5-2-3-6-16(15)25-19)23-14-7-8-17-18(13-14)27-12-4-11-26-17/h2-3,5-8,13H,4,9-12H2,1H3,(H,24,25)(H2,21,22,23). The van der Waals surface area contributed by atoms with Crippen molar-refractivity contribution >= 4 is 22.7 Å². The fraction of sp³-hybridized carbons (Fsp3) is 0.300. The van der Waals surface area contributed by atoms with Crippen LogP contribution in [0.15, 0.2) is 47.5 Å². The van der Waals surface area contributed by atoms with Crippen LogP contribution in [0.1, 0.15) is 12.2 Å². The molecule has 0 amide bonds. The normalized spacial score (nSPS) is 14.0. The zero-order valence-electron chi connectivity index (χ0n) is 15.3. The number of nitrogens with one attached hydrogen (secondary N) is 3. The molecule has 27 heavy (non-hydrogen) atoms. The summed E-state index contributed by atoms with van der Waals surface area (Å²) in [6.07, 6.45) is 1.67. The van der Waals surface area contributed by atoms with Crippen LogP contribution in [0.2, 0.25) is 0 Å². The second-order valence-corrected chi connectivity index (χ2v) is 6.29. The molecular formula is C20H23N5O2. The van der Waals surface area contributed by atoms with E-state index in [2.05, 4.69) is 25.6 Å². The second kappa shape index (κ2) is 7.99. The summed E-state index contributed by atoms with van der Waals surface area (Å²) in [4.78, 5) is 12.2. The van der Waals surface area contributed by atoms with Crippen LogP contribution in [-0.2, 0) is 6.42 Å². The summed E-state index contributed by atoms with van der Waals surface area (Å²) < 4.78 is 11.4. The van der Waals surface area contributed by atoms with Gasteiger partial charge in [0.15, 0.2) is 17.5 Å². The minimum Gasteiger partial charge on any atom is -0.490 e. The lowest BCUT2D eigenvalue weighted by molar-refractivity contribution is 0.297. The van der Waals surface area contributed by atoms with Gasteiger partial charge in [-0.05, 0) is 24.3 Å². The highest BCUT2D eigenvalue weighted by atomic mass is 16.5. The van der Waals surface area contributed by atoms with Gasteiger partial charge >= 0.3 is 0 Å². The molecule has 2 heterocycles. The Hall–Kier alpha value is -3.22. The lowest BCUT2D eigenvalue weighted by Gasteiger charge is -2.13. The molecule has 3 aromatic rings. The molecule has 7 nitrogen and oxygen atoms in total. The van der Waals surface area contributed by atoms with Gasteiger partial charge in [0.1, 0.15) is 5.82 Å². The van der Waals surface area contributed by atoms with Gasteiger partial charge in [0.25, 0.3) is 0 Å². The third-order valence-corrected chi connectivity index (χ3v) is 4.33. The van der Waals surface area contributed by atoms with E-state index in [-0.39, 0.29) is 0 Å². The van der Waals surface area contributed by atoms with Crippen LogP contribution >= 0.6 is 0 Å². The lowest BCUT2D eigenvalue weighted by Crippen LogP contribution is -2.32. The molecule has 7 heteroatoms. The van der Waals surface area contributed by atoms with E-state index in [0.717, 1.165) is 46.9 Å². The average Bonchev–Trinajstić information content (AvgIpc) is 2.96. The van der Waals surface area contributed by atoms with Crippen molar-refractivity contribution in [2.24, 2.45) is 4.99 Å². The molecule has 3 N–H and O–H groups in total. The molecule has 140 valence electrons. The van der Waals surface area contributed by atoms with Crippen LogP contribution in [0.3, 0.4) is 0 Å². The predicted molar refractivity (Wildman–Crippen MR) is 107 cm³/mol. The first-order valence-corrected chi connectivity index (χ1v) is 9.13. The maximum Gasteiger partial charge on any atom is 0.195 e. The summed E-state index contributed by atoms with van der Waals surface area (Å²) in [5.41, 5.74) is 2.94. The monoisotopic (exact) mass is 365 g/mol. The third-order valence-electron chi connectivity index (χ3n) is 4.33. The fourth-order valence-corrected chi connectivity index (χ4v) is 2.98. The average molecular weight is 365 g/mol. The van der Waals surface area contributed by atoms with Crippen LogP contribution in [0.25, 0.3) is 11.0 Å². The molecule has 0 saturated carbocycles. The van der Waals surface area contributed by atoms with Gasteiger partial charge in [-0.2, -0.15) is 0 Å². The predicted octanol–water partition coefficient (Wildman–Crippen LogP) is 2.95. The van der Waals surface area contributed by atoms with E-state index in [0.29, 0.717) is 25.7 Å². The molecule has 1 aliphatic rings. The Morgan fingerprint density at radius 2 is 2.00 bits per heavy atom. The van der Waals surface area contributed by atoms with E-state index < -0.39 is 0 Å². The van der Waals surface area contributed by atoms with Gasteiger partial charge in [0, 0.05) is 38.2 Å². The van der Waals surface area contributed by atoms with Crippen molar-refractivity contribution in [1.29, 1.82) is 0 Å². The number of para-hydroxylation sites is 2. The first-order chi connectivity index (χ1) is 13.3. The number of aliphatic imine (C=N–C) groups is 1. The number of rotatable bonds is 4. The quantitative estimate of drug-likeness (QED) is 0.489. The molecule has 1 aromatic heterocycles. The lowest BCUT2D eigenvalue weighted by atomic mass is 10.2. The number of aromatic nitrogens is 2. The number of nitrogens with zero attached hydrogens (tertiary/aromatic N) is 2. The number of aromatic amines is 1. The Morgan fingerprint density at radius 3 is 2.85 bits per heavy atom. The molecule has 0 spiro atoms. The van der Waals surface area contributed by atoms with Crippen molar-refractivity contribution in [2.45, 2.75) is 12.8 Å². The van der Waals surface area contributed by atoms with Crippen molar-refractivity contribution in [1.82, 2.24) is 15.3 Å². The number of imidazole rings is 1. The highest BCUT2D eigenvalue weighted by Crippen LogP contribution is 2.32. The zero-order chi connectivity index (χ0) is 18.5. The molecule has 0 fully saturated rings. The Bertz CT molecular complexity index is 917. The zero-order valence-corrected chi connectivity index (χ0v) is 15.3. The molecule has 0 aliphatic carbocycles. The van der Waals surface area contributed by atoms with Crippen molar-refractivity contribution < 1.29 is 9.47 Å². The SMILES string of the molecule is CN=C(NCCc1nc2ccccc2[nH]1)Nc1ccc2c(c1)OCCCO2. The number of anilines is 1. The molecule has 0 atom stereocenters. The van der Waals surface area contributed by atoms with Gasteiger partial charge in [-0.15, -0.1) is 0 Å². The Morgan fingerprint density at radius 1 is 1.15 bits per heavy atom. The van der Waals surface area contributed by atoms with E-state index in [1.807, 2.05) is 42.5 Å². The third kappa shape index (κ3) is 4.13. The first-order valence-electron chi connectivity index (χ1n) is 9.13. The van der Waals surface area contributed by atoms with Gasteiger partial charge in [0.05, 0.1) is 24.2 Å². The van der Waals surface area contributed by atoms with Crippen molar-refractivity contribution in [3.63, 3.8) is 0 Å². The van der Waals surface area contributed by atoms with E-state index in [4.69, 9.17) is 9.47 Å². The number of H-pyrrole nitrogens is 1. The number of fused-ring (bicyclic) bond motifs is 2. The van der Waals surface area contributed by atoms with E-state index in [1.54, 1.807) is 7.05 Å². The molecule has 4 rings (SSSR count). The number of ether oxygens (including phenoxy) is 2. The highest BCUT2D eigenvalue weighted by molar-refractivity contribution is 5.93.